The lowest BCUT2D eigenvalue weighted by Gasteiger charge is -2.32. The monoisotopic (exact) mass is 421 g/mol. The van der Waals surface area contributed by atoms with Gasteiger partial charge in [-0.15, -0.1) is 11.3 Å². The SMILES string of the molecule is Cc1ccc(C(=O)N2CCCC(c3cc4nc(C(F)(F)F)ccc4c(=O)[nH]3)C2)s1. The van der Waals surface area contributed by atoms with E-state index in [1.807, 2.05) is 13.0 Å². The number of amides is 1. The van der Waals surface area contributed by atoms with Crippen LogP contribution in [0.2, 0.25) is 0 Å². The fourth-order valence-corrected chi connectivity index (χ4v) is 4.49. The van der Waals surface area contributed by atoms with Crippen LogP contribution in [0.1, 0.15) is 44.7 Å². The number of hydrogen-bond acceptors (Lipinski definition) is 4. The number of aromatic amines is 1. The van der Waals surface area contributed by atoms with Gasteiger partial charge in [-0.25, -0.2) is 4.98 Å². The van der Waals surface area contributed by atoms with Crippen LogP contribution in [0.15, 0.2) is 35.1 Å². The van der Waals surface area contributed by atoms with E-state index < -0.39 is 17.4 Å². The van der Waals surface area contributed by atoms with Crippen LogP contribution >= 0.6 is 11.3 Å². The molecule has 1 aliphatic rings. The highest BCUT2D eigenvalue weighted by molar-refractivity contribution is 7.13. The zero-order valence-corrected chi connectivity index (χ0v) is 16.4. The fraction of sp³-hybridized carbons (Fsp3) is 0.350. The Balaban J connectivity index is 1.64. The van der Waals surface area contributed by atoms with Gasteiger partial charge in [0, 0.05) is 29.6 Å². The summed E-state index contributed by atoms with van der Waals surface area (Å²) < 4.78 is 38.9. The van der Waals surface area contributed by atoms with Crippen molar-refractivity contribution in [2.45, 2.75) is 31.9 Å². The van der Waals surface area contributed by atoms with E-state index in [-0.39, 0.29) is 22.7 Å². The summed E-state index contributed by atoms with van der Waals surface area (Å²) in [6, 6.07) is 7.14. The molecule has 0 bridgehead atoms. The molecule has 0 spiro atoms. The molecule has 29 heavy (non-hydrogen) atoms. The van der Waals surface area contributed by atoms with Crippen molar-refractivity contribution in [3.05, 3.63) is 61.8 Å². The minimum atomic E-state index is -4.58. The number of likely N-dealkylation sites (tertiary alicyclic amines) is 1. The lowest BCUT2D eigenvalue weighted by molar-refractivity contribution is -0.140. The maximum Gasteiger partial charge on any atom is 0.433 e. The van der Waals surface area contributed by atoms with E-state index in [0.717, 1.165) is 29.9 Å². The summed E-state index contributed by atoms with van der Waals surface area (Å²) in [5, 5.41) is 0.111. The van der Waals surface area contributed by atoms with E-state index in [0.29, 0.717) is 23.7 Å². The number of H-pyrrole nitrogens is 1. The van der Waals surface area contributed by atoms with E-state index in [1.54, 1.807) is 11.0 Å². The van der Waals surface area contributed by atoms with Gasteiger partial charge in [-0.05, 0) is 50.1 Å². The Morgan fingerprint density at radius 3 is 2.76 bits per heavy atom. The molecule has 1 atom stereocenters. The van der Waals surface area contributed by atoms with E-state index >= 15 is 0 Å². The average molecular weight is 421 g/mol. The molecule has 1 fully saturated rings. The third kappa shape index (κ3) is 3.91. The lowest BCUT2D eigenvalue weighted by Crippen LogP contribution is -2.39. The number of thiophene rings is 1. The topological polar surface area (TPSA) is 66.1 Å². The number of nitrogens with zero attached hydrogens (tertiary/aromatic N) is 2. The molecule has 1 unspecified atom stereocenters. The highest BCUT2D eigenvalue weighted by Gasteiger charge is 2.33. The van der Waals surface area contributed by atoms with Crippen molar-refractivity contribution in [3.8, 4) is 0 Å². The molecule has 0 aliphatic carbocycles. The highest BCUT2D eigenvalue weighted by atomic mass is 32.1. The molecule has 3 aromatic rings. The summed E-state index contributed by atoms with van der Waals surface area (Å²) in [5.41, 5.74) is -0.990. The standard InChI is InChI=1S/C20H18F3N3O2S/c1-11-4-6-16(29-11)19(28)26-8-2-3-12(10-26)14-9-15-13(18(27)25-14)5-7-17(24-15)20(21,22)23/h4-7,9,12H,2-3,8,10H2,1H3,(H,25,27). The third-order valence-electron chi connectivity index (χ3n) is 5.11. The molecule has 1 saturated heterocycles. The van der Waals surface area contributed by atoms with Gasteiger partial charge in [0.15, 0.2) is 0 Å². The Hall–Kier alpha value is -2.68. The van der Waals surface area contributed by atoms with E-state index in [9.17, 15) is 22.8 Å². The number of alkyl halides is 3. The maximum absolute atomic E-state index is 13.0. The highest BCUT2D eigenvalue weighted by Crippen LogP contribution is 2.31. The quantitative estimate of drug-likeness (QED) is 0.670. The molecule has 9 heteroatoms. The number of aryl methyl sites for hydroxylation is 1. The van der Waals surface area contributed by atoms with Crippen molar-refractivity contribution >= 4 is 28.1 Å². The number of carbonyl (C=O) groups is 1. The Morgan fingerprint density at radius 1 is 1.28 bits per heavy atom. The second-order valence-electron chi connectivity index (χ2n) is 7.18. The van der Waals surface area contributed by atoms with Gasteiger partial charge in [-0.2, -0.15) is 13.2 Å². The fourth-order valence-electron chi connectivity index (χ4n) is 3.66. The van der Waals surface area contributed by atoms with Crippen LogP contribution in [0.3, 0.4) is 0 Å². The molecule has 0 saturated carbocycles. The smallest absolute Gasteiger partial charge is 0.337 e. The van der Waals surface area contributed by atoms with Gasteiger partial charge in [0.25, 0.3) is 11.5 Å². The van der Waals surface area contributed by atoms with Gasteiger partial charge in [0.2, 0.25) is 0 Å². The predicted octanol–water partition coefficient (Wildman–Crippen LogP) is 4.33. The Bertz CT molecular complexity index is 1140. The van der Waals surface area contributed by atoms with E-state index in [4.69, 9.17) is 0 Å². The first-order valence-electron chi connectivity index (χ1n) is 9.19. The van der Waals surface area contributed by atoms with Crippen molar-refractivity contribution in [2.75, 3.05) is 13.1 Å². The zero-order valence-electron chi connectivity index (χ0n) is 15.5. The third-order valence-corrected chi connectivity index (χ3v) is 6.10. The van der Waals surface area contributed by atoms with Gasteiger partial charge in [-0.3, -0.25) is 9.59 Å². The van der Waals surface area contributed by atoms with Crippen LogP contribution in [0.5, 0.6) is 0 Å². The number of piperidine rings is 1. The number of hydrogen-bond donors (Lipinski definition) is 1. The Labute approximate surface area is 168 Å². The van der Waals surface area contributed by atoms with Crippen molar-refractivity contribution < 1.29 is 18.0 Å². The summed E-state index contributed by atoms with van der Waals surface area (Å²) in [6.45, 7) is 2.94. The van der Waals surface area contributed by atoms with Crippen LogP contribution in [0.4, 0.5) is 13.2 Å². The number of pyridine rings is 2. The number of fused-ring (bicyclic) bond motifs is 1. The molecule has 0 radical (unpaired) electrons. The van der Waals surface area contributed by atoms with E-state index in [2.05, 4.69) is 9.97 Å². The van der Waals surface area contributed by atoms with Gasteiger partial charge in [0.05, 0.1) is 15.8 Å². The summed E-state index contributed by atoms with van der Waals surface area (Å²) in [4.78, 5) is 35.0. The van der Waals surface area contributed by atoms with Crippen LogP contribution in [0, 0.1) is 6.92 Å². The normalized spacial score (nSPS) is 17.7. The summed E-state index contributed by atoms with van der Waals surface area (Å²) in [5.74, 6) is -0.226. The van der Waals surface area contributed by atoms with Gasteiger partial charge in [0.1, 0.15) is 5.69 Å². The second kappa shape index (κ2) is 7.29. The number of halogens is 3. The molecule has 3 aromatic heterocycles. The Kier molecular flexibility index (Phi) is 4.94. The van der Waals surface area contributed by atoms with Crippen LogP contribution < -0.4 is 5.56 Å². The number of rotatable bonds is 2. The van der Waals surface area contributed by atoms with Crippen molar-refractivity contribution in [2.24, 2.45) is 0 Å². The van der Waals surface area contributed by atoms with Gasteiger partial charge < -0.3 is 9.88 Å². The summed E-state index contributed by atoms with van der Waals surface area (Å²) >= 11 is 1.43. The second-order valence-corrected chi connectivity index (χ2v) is 8.47. The van der Waals surface area contributed by atoms with Crippen LogP contribution in [0.25, 0.3) is 10.9 Å². The zero-order chi connectivity index (χ0) is 20.8. The molecule has 1 N–H and O–H groups in total. The van der Waals surface area contributed by atoms with Gasteiger partial charge >= 0.3 is 6.18 Å². The molecule has 1 amide bonds. The number of carbonyl (C=O) groups excluding carboxylic acids is 1. The van der Waals surface area contributed by atoms with Crippen LogP contribution in [-0.2, 0) is 6.18 Å². The molecule has 5 nitrogen and oxygen atoms in total. The number of nitrogens with one attached hydrogen (secondary N) is 1. The Morgan fingerprint density at radius 2 is 2.07 bits per heavy atom. The number of aromatic nitrogens is 2. The molecular weight excluding hydrogens is 403 g/mol. The maximum atomic E-state index is 13.0. The van der Waals surface area contributed by atoms with E-state index in [1.165, 1.54) is 17.4 Å². The first kappa shape index (κ1) is 19.6. The minimum Gasteiger partial charge on any atom is -0.337 e. The molecule has 4 rings (SSSR count). The first-order chi connectivity index (χ1) is 13.7. The molecule has 152 valence electrons. The minimum absolute atomic E-state index is 0.0101. The molecule has 0 aromatic carbocycles. The van der Waals surface area contributed by atoms with Crippen molar-refractivity contribution in [1.29, 1.82) is 0 Å². The van der Waals surface area contributed by atoms with Crippen LogP contribution in [-0.4, -0.2) is 33.9 Å². The summed E-state index contributed by atoms with van der Waals surface area (Å²) in [6.07, 6.45) is -3.10. The summed E-state index contributed by atoms with van der Waals surface area (Å²) in [7, 11) is 0. The average Bonchev–Trinajstić information content (AvgIpc) is 3.12. The molecular formula is C20H18F3N3O2S. The lowest BCUT2D eigenvalue weighted by atomic mass is 9.93. The molecule has 4 heterocycles. The van der Waals surface area contributed by atoms with Gasteiger partial charge in [-0.1, -0.05) is 0 Å². The van der Waals surface area contributed by atoms with Crippen molar-refractivity contribution in [1.82, 2.24) is 14.9 Å². The first-order valence-corrected chi connectivity index (χ1v) is 10.0. The largest absolute Gasteiger partial charge is 0.433 e. The molecule has 1 aliphatic heterocycles. The van der Waals surface area contributed by atoms with Crippen molar-refractivity contribution in [3.63, 3.8) is 0 Å². The predicted molar refractivity (Wildman–Crippen MR) is 104 cm³/mol.